The third-order valence-corrected chi connectivity index (χ3v) is 5.94. The summed E-state index contributed by atoms with van der Waals surface area (Å²) in [5, 5.41) is 5.01. The number of nitrogens with zero attached hydrogens (tertiary/aromatic N) is 2. The van der Waals surface area contributed by atoms with Gasteiger partial charge in [0.05, 0.1) is 46.4 Å². The van der Waals surface area contributed by atoms with Crippen molar-refractivity contribution in [3.8, 4) is 45.5 Å². The van der Waals surface area contributed by atoms with Gasteiger partial charge in [0, 0.05) is 16.7 Å². The van der Waals surface area contributed by atoms with E-state index in [9.17, 15) is 4.39 Å². The van der Waals surface area contributed by atoms with E-state index in [4.69, 9.17) is 24.0 Å². The summed E-state index contributed by atoms with van der Waals surface area (Å²) < 4.78 is 37.8. The molecule has 0 saturated heterocycles. The average Bonchev–Trinajstić information content (AvgIpc) is 3.25. The van der Waals surface area contributed by atoms with Gasteiger partial charge >= 0.3 is 0 Å². The molecule has 0 N–H and O–H groups in total. The highest BCUT2D eigenvalue weighted by atomic mass is 19.1. The third kappa shape index (κ3) is 4.80. The second-order valence-electron chi connectivity index (χ2n) is 7.96. The van der Waals surface area contributed by atoms with Gasteiger partial charge in [-0.2, -0.15) is 5.10 Å². The standard InChI is InChI=1S/C28H29FN2O4/c1-6-22-27(19-10-12-23(32-2)25(15-19)34-4)30-31(17-18-8-7-9-21(29)14-18)28(22)20-11-13-24(33-3)26(16-20)35-5/h7-16H,6,17H2,1-5H3. The fraction of sp³-hybridized carbons (Fsp3) is 0.250. The van der Waals surface area contributed by atoms with Crippen molar-refractivity contribution in [3.05, 3.63) is 77.6 Å². The summed E-state index contributed by atoms with van der Waals surface area (Å²) in [6, 6.07) is 18.1. The molecule has 4 aromatic rings. The first-order valence-corrected chi connectivity index (χ1v) is 11.3. The summed E-state index contributed by atoms with van der Waals surface area (Å²) in [5.41, 5.74) is 5.46. The monoisotopic (exact) mass is 476 g/mol. The zero-order valence-electron chi connectivity index (χ0n) is 20.6. The molecule has 0 saturated carbocycles. The molecule has 0 bridgehead atoms. The summed E-state index contributed by atoms with van der Waals surface area (Å²) in [5.74, 6) is 2.26. The van der Waals surface area contributed by atoms with E-state index in [2.05, 4.69) is 6.92 Å². The minimum Gasteiger partial charge on any atom is -0.493 e. The Kier molecular flexibility index (Phi) is 7.25. The topological polar surface area (TPSA) is 54.7 Å². The molecule has 6 nitrogen and oxygen atoms in total. The number of hydrogen-bond donors (Lipinski definition) is 0. The SMILES string of the molecule is CCc1c(-c2ccc(OC)c(OC)c2)nn(Cc2cccc(F)c2)c1-c1ccc(OC)c(OC)c1. The van der Waals surface area contributed by atoms with Crippen LogP contribution in [0.3, 0.4) is 0 Å². The summed E-state index contributed by atoms with van der Waals surface area (Å²) >= 11 is 0. The van der Waals surface area contributed by atoms with Crippen molar-refractivity contribution in [1.82, 2.24) is 9.78 Å². The maximum absolute atomic E-state index is 14.0. The number of ether oxygens (including phenoxy) is 4. The van der Waals surface area contributed by atoms with E-state index in [1.165, 1.54) is 12.1 Å². The Bertz CT molecular complexity index is 1330. The largest absolute Gasteiger partial charge is 0.493 e. The van der Waals surface area contributed by atoms with Crippen molar-refractivity contribution in [2.24, 2.45) is 0 Å². The molecule has 4 rings (SSSR count). The molecule has 0 unspecified atom stereocenters. The Hall–Kier alpha value is -4.00. The molecule has 0 spiro atoms. The molecule has 0 aliphatic carbocycles. The van der Waals surface area contributed by atoms with Gasteiger partial charge in [0.2, 0.25) is 0 Å². The molecular weight excluding hydrogens is 447 g/mol. The molecule has 35 heavy (non-hydrogen) atoms. The van der Waals surface area contributed by atoms with Crippen molar-refractivity contribution in [1.29, 1.82) is 0 Å². The van der Waals surface area contributed by atoms with Crippen LogP contribution in [-0.4, -0.2) is 38.2 Å². The smallest absolute Gasteiger partial charge is 0.161 e. The van der Waals surface area contributed by atoms with E-state index in [0.717, 1.165) is 40.1 Å². The van der Waals surface area contributed by atoms with Gasteiger partial charge in [-0.1, -0.05) is 19.1 Å². The van der Waals surface area contributed by atoms with Gasteiger partial charge < -0.3 is 18.9 Å². The number of benzene rings is 3. The number of halogens is 1. The lowest BCUT2D eigenvalue weighted by Crippen LogP contribution is -2.05. The Morgan fingerprint density at radius 1 is 0.743 bits per heavy atom. The van der Waals surface area contributed by atoms with E-state index >= 15 is 0 Å². The maximum Gasteiger partial charge on any atom is 0.161 e. The van der Waals surface area contributed by atoms with Gasteiger partial charge in [0.15, 0.2) is 23.0 Å². The van der Waals surface area contributed by atoms with E-state index in [-0.39, 0.29) is 5.82 Å². The highest BCUT2D eigenvalue weighted by Gasteiger charge is 2.22. The lowest BCUT2D eigenvalue weighted by atomic mass is 9.99. The number of methoxy groups -OCH3 is 4. The van der Waals surface area contributed by atoms with Crippen molar-refractivity contribution in [2.45, 2.75) is 19.9 Å². The molecule has 1 heterocycles. The summed E-state index contributed by atoms with van der Waals surface area (Å²) in [6.07, 6.45) is 0.733. The van der Waals surface area contributed by atoms with Gasteiger partial charge in [0.25, 0.3) is 0 Å². The van der Waals surface area contributed by atoms with E-state index in [1.54, 1.807) is 34.5 Å². The predicted octanol–water partition coefficient (Wildman–Crippen LogP) is 6.00. The molecule has 0 aliphatic rings. The van der Waals surface area contributed by atoms with Crippen LogP contribution >= 0.6 is 0 Å². The van der Waals surface area contributed by atoms with Crippen LogP contribution in [0.15, 0.2) is 60.7 Å². The van der Waals surface area contributed by atoms with Gasteiger partial charge in [0.1, 0.15) is 5.82 Å². The second-order valence-corrected chi connectivity index (χ2v) is 7.96. The van der Waals surface area contributed by atoms with Crippen molar-refractivity contribution < 1.29 is 23.3 Å². The van der Waals surface area contributed by atoms with Gasteiger partial charge in [-0.15, -0.1) is 0 Å². The normalized spacial score (nSPS) is 10.8. The zero-order valence-corrected chi connectivity index (χ0v) is 20.6. The summed E-state index contributed by atoms with van der Waals surface area (Å²) in [6.45, 7) is 2.50. The molecule has 0 aliphatic heterocycles. The Labute approximate surface area is 204 Å². The first-order chi connectivity index (χ1) is 17.0. The first kappa shape index (κ1) is 24.1. The molecule has 3 aromatic carbocycles. The minimum atomic E-state index is -0.279. The quantitative estimate of drug-likeness (QED) is 0.297. The van der Waals surface area contributed by atoms with Gasteiger partial charge in [-0.05, 0) is 60.5 Å². The van der Waals surface area contributed by atoms with Crippen LogP contribution in [0.2, 0.25) is 0 Å². The molecule has 1 aromatic heterocycles. The fourth-order valence-corrected chi connectivity index (χ4v) is 4.28. The molecule has 0 atom stereocenters. The van der Waals surface area contributed by atoms with Gasteiger partial charge in [-0.3, -0.25) is 4.68 Å². The van der Waals surface area contributed by atoms with Crippen LogP contribution in [0.4, 0.5) is 4.39 Å². The van der Waals surface area contributed by atoms with Crippen LogP contribution < -0.4 is 18.9 Å². The van der Waals surface area contributed by atoms with Crippen molar-refractivity contribution >= 4 is 0 Å². The highest BCUT2D eigenvalue weighted by molar-refractivity contribution is 5.77. The Morgan fingerprint density at radius 3 is 1.91 bits per heavy atom. The maximum atomic E-state index is 14.0. The number of rotatable bonds is 9. The number of aromatic nitrogens is 2. The van der Waals surface area contributed by atoms with Crippen LogP contribution in [0.5, 0.6) is 23.0 Å². The van der Waals surface area contributed by atoms with Crippen LogP contribution in [0.25, 0.3) is 22.5 Å². The lowest BCUT2D eigenvalue weighted by Gasteiger charge is -2.13. The van der Waals surface area contributed by atoms with Crippen LogP contribution in [0, 0.1) is 5.82 Å². The second kappa shape index (κ2) is 10.5. The molecule has 0 amide bonds. The summed E-state index contributed by atoms with van der Waals surface area (Å²) in [4.78, 5) is 0. The molecule has 182 valence electrons. The Balaban J connectivity index is 1.93. The average molecular weight is 477 g/mol. The van der Waals surface area contributed by atoms with E-state index in [0.29, 0.717) is 29.5 Å². The Morgan fingerprint density at radius 2 is 1.34 bits per heavy atom. The lowest BCUT2D eigenvalue weighted by molar-refractivity contribution is 0.355. The predicted molar refractivity (Wildman–Crippen MR) is 134 cm³/mol. The third-order valence-electron chi connectivity index (χ3n) is 5.94. The minimum absolute atomic E-state index is 0.279. The van der Waals surface area contributed by atoms with Crippen LogP contribution in [0.1, 0.15) is 18.1 Å². The number of hydrogen-bond acceptors (Lipinski definition) is 5. The molecule has 7 heteroatoms. The van der Waals surface area contributed by atoms with Crippen molar-refractivity contribution in [2.75, 3.05) is 28.4 Å². The first-order valence-electron chi connectivity index (χ1n) is 11.3. The molecule has 0 fully saturated rings. The van der Waals surface area contributed by atoms with Gasteiger partial charge in [-0.25, -0.2) is 4.39 Å². The zero-order chi connectivity index (χ0) is 24.9. The fourth-order valence-electron chi connectivity index (χ4n) is 4.28. The summed E-state index contributed by atoms with van der Waals surface area (Å²) in [7, 11) is 6.44. The van der Waals surface area contributed by atoms with Crippen LogP contribution in [-0.2, 0) is 13.0 Å². The van der Waals surface area contributed by atoms with E-state index < -0.39 is 0 Å². The highest BCUT2D eigenvalue weighted by Crippen LogP contribution is 2.39. The molecule has 0 radical (unpaired) electrons. The van der Waals surface area contributed by atoms with E-state index in [1.807, 2.05) is 47.1 Å². The molecular formula is C28H29FN2O4. The van der Waals surface area contributed by atoms with Crippen molar-refractivity contribution in [3.63, 3.8) is 0 Å².